The molecule has 230 valence electrons. The highest BCUT2D eigenvalue weighted by molar-refractivity contribution is 5.90. The molecule has 0 saturated carbocycles. The van der Waals surface area contributed by atoms with Crippen molar-refractivity contribution in [3.05, 3.63) is 84.7 Å². The Morgan fingerprint density at radius 2 is 1.27 bits per heavy atom. The van der Waals surface area contributed by atoms with Crippen LogP contribution in [0.5, 0.6) is 0 Å². The number of carbonyl (C=O) groups excluding carboxylic acids is 1. The van der Waals surface area contributed by atoms with Crippen LogP contribution in [-0.2, 0) is 17.8 Å². The smallest absolute Gasteiger partial charge is 0.410 e. The van der Waals surface area contributed by atoms with Crippen LogP contribution in [0.25, 0.3) is 44.4 Å². The first-order valence-electron chi connectivity index (χ1n) is 15.3. The molecule has 0 aliphatic heterocycles. The van der Waals surface area contributed by atoms with Crippen LogP contribution in [0.1, 0.15) is 59.1 Å². The minimum atomic E-state index is -0.544. The van der Waals surface area contributed by atoms with Crippen LogP contribution >= 0.6 is 0 Å². The van der Waals surface area contributed by atoms with Gasteiger partial charge < -0.3 is 19.6 Å². The van der Waals surface area contributed by atoms with E-state index in [4.69, 9.17) is 10.6 Å². The Balaban J connectivity index is 1.28. The van der Waals surface area contributed by atoms with Crippen molar-refractivity contribution in [2.75, 3.05) is 13.1 Å². The second kappa shape index (κ2) is 13.4. The molecule has 0 fully saturated rings. The van der Waals surface area contributed by atoms with Gasteiger partial charge in [-0.15, -0.1) is 0 Å². The van der Waals surface area contributed by atoms with Crippen LogP contribution < -0.4 is 5.84 Å². The predicted octanol–water partition coefficient (Wildman–Crippen LogP) is 7.52. The molecule has 2 heterocycles. The highest BCUT2D eigenvalue weighted by Gasteiger charge is 2.22. The Morgan fingerprint density at radius 1 is 0.750 bits per heavy atom. The Hall–Kier alpha value is -4.47. The molecule has 0 bridgehead atoms. The summed E-state index contributed by atoms with van der Waals surface area (Å²) in [5.74, 6) is 7.61. The molecule has 44 heavy (non-hydrogen) atoms. The third-order valence-electron chi connectivity index (χ3n) is 7.29. The molecule has 0 spiro atoms. The third-order valence-corrected chi connectivity index (χ3v) is 7.29. The minimum Gasteiger partial charge on any atom is -0.444 e. The topological polar surface area (TPSA) is 116 Å². The highest BCUT2D eigenvalue weighted by Crippen LogP contribution is 2.29. The molecular weight excluding hydrogens is 550 g/mol. The summed E-state index contributed by atoms with van der Waals surface area (Å²) in [6.07, 6.45) is 5.20. The molecule has 0 radical (unpaired) electrons. The largest absolute Gasteiger partial charge is 0.444 e. The van der Waals surface area contributed by atoms with E-state index in [-0.39, 0.29) is 6.09 Å². The molecule has 0 unspecified atom stereocenters. The number of hydrogen-bond acceptors (Lipinski definition) is 6. The Morgan fingerprint density at radius 3 is 1.89 bits per heavy atom. The lowest BCUT2D eigenvalue weighted by Gasteiger charge is -2.26. The number of amides is 1. The first-order chi connectivity index (χ1) is 21.1. The van der Waals surface area contributed by atoms with E-state index in [2.05, 4.69) is 87.5 Å². The molecule has 5 rings (SSSR count). The number of aromatic nitrogens is 4. The van der Waals surface area contributed by atoms with Crippen molar-refractivity contribution < 1.29 is 9.53 Å². The van der Waals surface area contributed by atoms with Crippen LogP contribution in [0, 0.1) is 0 Å². The quantitative estimate of drug-likeness (QED) is 0.108. The molecular formula is C35H43N7O2. The molecule has 0 saturated heterocycles. The van der Waals surface area contributed by atoms with Gasteiger partial charge in [0.15, 0.2) is 0 Å². The van der Waals surface area contributed by atoms with Gasteiger partial charge in [-0.2, -0.15) is 0 Å². The maximum Gasteiger partial charge on any atom is 0.410 e. The molecule has 4 N–H and O–H groups in total. The molecule has 1 amide bonds. The first-order valence-corrected chi connectivity index (χ1v) is 15.3. The minimum absolute atomic E-state index is 0.328. The molecule has 9 heteroatoms. The molecule has 0 aliphatic carbocycles. The Bertz CT molecular complexity index is 1700. The van der Waals surface area contributed by atoms with Crippen LogP contribution in [0.15, 0.2) is 73.1 Å². The summed E-state index contributed by atoms with van der Waals surface area (Å²) < 4.78 is 5.59. The van der Waals surface area contributed by atoms with Crippen molar-refractivity contribution in [2.45, 2.75) is 66.2 Å². The van der Waals surface area contributed by atoms with Crippen molar-refractivity contribution >= 4 is 16.9 Å². The second-order valence-electron chi connectivity index (χ2n) is 12.2. The van der Waals surface area contributed by atoms with E-state index in [1.807, 2.05) is 40.1 Å². The number of nitrogens with zero attached hydrogens (tertiary/aromatic N) is 4. The fourth-order valence-electron chi connectivity index (χ4n) is 5.18. The van der Waals surface area contributed by atoms with E-state index < -0.39 is 5.60 Å². The van der Waals surface area contributed by atoms with Gasteiger partial charge in [0.2, 0.25) is 0 Å². The fourth-order valence-corrected chi connectivity index (χ4v) is 5.18. The second-order valence-corrected chi connectivity index (χ2v) is 12.2. The lowest BCUT2D eigenvalue weighted by molar-refractivity contribution is 0.0229. The molecule has 0 aliphatic rings. The van der Waals surface area contributed by atoms with Crippen molar-refractivity contribution in [1.82, 2.24) is 29.8 Å². The number of hydrazine groups is 1. The number of imidazole rings is 2. The van der Waals surface area contributed by atoms with Crippen molar-refractivity contribution in [2.24, 2.45) is 5.84 Å². The van der Waals surface area contributed by atoms with Gasteiger partial charge in [-0.05, 0) is 73.2 Å². The zero-order chi connectivity index (χ0) is 31.3. The van der Waals surface area contributed by atoms with Gasteiger partial charge in [0, 0.05) is 18.7 Å². The van der Waals surface area contributed by atoms with Gasteiger partial charge in [0.1, 0.15) is 17.2 Å². The average Bonchev–Trinajstić information content (AvgIpc) is 3.66. The van der Waals surface area contributed by atoms with Crippen LogP contribution in [0.4, 0.5) is 4.79 Å². The zero-order valence-corrected chi connectivity index (χ0v) is 26.4. The maximum atomic E-state index is 12.7. The number of benzene rings is 3. The lowest BCUT2D eigenvalue weighted by Crippen LogP contribution is -2.37. The maximum absolute atomic E-state index is 12.7. The predicted molar refractivity (Wildman–Crippen MR) is 176 cm³/mol. The van der Waals surface area contributed by atoms with E-state index in [0.717, 1.165) is 75.4 Å². The summed E-state index contributed by atoms with van der Waals surface area (Å²) in [7, 11) is 0. The monoisotopic (exact) mass is 593 g/mol. The number of nitrogens with two attached hydrogens (primary N) is 1. The number of rotatable bonds is 11. The standard InChI is InChI=1S/C35H43N7O2/c1-6-16-41(34(43)44-35(3,4)5)22-32-37-21-31(40-32)29-15-14-27-18-26(12-13-28(27)19-29)24-8-10-25(11-9-24)30-20-38-33(39-30)23-42(36)17-7-2/h8-15,18-21H,6-7,16-17,22-23,36H2,1-5H3,(H,37,40)(H,38,39). The zero-order valence-electron chi connectivity index (χ0n) is 26.4. The summed E-state index contributed by atoms with van der Waals surface area (Å²) >= 11 is 0. The Labute approximate surface area is 259 Å². The number of H-pyrrole nitrogens is 2. The molecule has 5 aromatic rings. The summed E-state index contributed by atoms with van der Waals surface area (Å²) in [6, 6.07) is 21.4. The van der Waals surface area contributed by atoms with Crippen LogP contribution in [0.3, 0.4) is 0 Å². The van der Waals surface area contributed by atoms with Gasteiger partial charge in [0.25, 0.3) is 0 Å². The number of hydrogen-bond donors (Lipinski definition) is 3. The van der Waals surface area contributed by atoms with E-state index in [9.17, 15) is 4.79 Å². The van der Waals surface area contributed by atoms with E-state index in [0.29, 0.717) is 19.6 Å². The third kappa shape index (κ3) is 7.72. The normalized spacial score (nSPS) is 11.8. The van der Waals surface area contributed by atoms with Gasteiger partial charge in [-0.3, -0.25) is 5.84 Å². The number of ether oxygens (including phenoxy) is 1. The van der Waals surface area contributed by atoms with Gasteiger partial charge >= 0.3 is 6.09 Å². The van der Waals surface area contributed by atoms with E-state index in [1.165, 1.54) is 0 Å². The molecule has 3 aromatic carbocycles. The van der Waals surface area contributed by atoms with Crippen molar-refractivity contribution in [1.29, 1.82) is 0 Å². The van der Waals surface area contributed by atoms with E-state index >= 15 is 0 Å². The van der Waals surface area contributed by atoms with Gasteiger partial charge in [-0.1, -0.05) is 62.4 Å². The SMILES string of the molecule is CCCN(N)Cc1ncc(-c2ccc(-c3ccc4cc(-c5cnc(CN(CCC)C(=O)OC(C)(C)C)[nH]5)ccc4c3)cc2)[nH]1. The first kappa shape index (κ1) is 31.0. The average molecular weight is 594 g/mol. The van der Waals surface area contributed by atoms with Gasteiger partial charge in [0.05, 0.1) is 36.9 Å². The van der Waals surface area contributed by atoms with Crippen molar-refractivity contribution in [3.63, 3.8) is 0 Å². The number of nitrogens with one attached hydrogen (secondary N) is 2. The van der Waals surface area contributed by atoms with E-state index in [1.54, 1.807) is 9.91 Å². The number of fused-ring (bicyclic) bond motifs is 1. The summed E-state index contributed by atoms with van der Waals surface area (Å²) in [5.41, 5.74) is 5.77. The number of carbonyl (C=O) groups is 1. The van der Waals surface area contributed by atoms with Gasteiger partial charge in [-0.25, -0.2) is 19.8 Å². The highest BCUT2D eigenvalue weighted by atomic mass is 16.6. The summed E-state index contributed by atoms with van der Waals surface area (Å²) in [4.78, 5) is 30.2. The van der Waals surface area contributed by atoms with Crippen LogP contribution in [0.2, 0.25) is 0 Å². The van der Waals surface area contributed by atoms with Crippen LogP contribution in [-0.4, -0.2) is 54.6 Å². The lowest BCUT2D eigenvalue weighted by atomic mass is 9.98. The summed E-state index contributed by atoms with van der Waals surface area (Å²) in [6.45, 7) is 12.2. The summed E-state index contributed by atoms with van der Waals surface area (Å²) in [5, 5.41) is 4.07. The fraction of sp³-hybridized carbons (Fsp3) is 0.343. The molecule has 2 aromatic heterocycles. The Kier molecular flexibility index (Phi) is 9.46. The molecule has 9 nitrogen and oxygen atoms in total. The molecule has 0 atom stereocenters. The number of aromatic amines is 2. The van der Waals surface area contributed by atoms with Crippen molar-refractivity contribution in [3.8, 4) is 33.6 Å².